The van der Waals surface area contributed by atoms with Gasteiger partial charge in [-0.1, -0.05) is 61.9 Å². The molecule has 0 aliphatic carbocycles. The number of nitrogens with zero attached hydrogens (tertiary/aromatic N) is 1. The first kappa shape index (κ1) is 16.2. The molecular weight excluding hydrogens is 300 g/mol. The van der Waals surface area contributed by atoms with Crippen LogP contribution in [0.15, 0.2) is 48.5 Å². The Balaban J connectivity index is 2.21. The topological polar surface area (TPSA) is 49.4 Å². The first-order chi connectivity index (χ1) is 11.5. The average molecular weight is 322 g/mol. The molecule has 0 bridgehead atoms. The molecule has 0 saturated heterocycles. The van der Waals surface area contributed by atoms with Crippen LogP contribution in [0.4, 0.5) is 5.69 Å². The van der Waals surface area contributed by atoms with Gasteiger partial charge in [-0.3, -0.25) is 9.59 Å². The number of anilines is 1. The van der Waals surface area contributed by atoms with Gasteiger partial charge >= 0.3 is 0 Å². The summed E-state index contributed by atoms with van der Waals surface area (Å²) in [5, 5.41) is 2.94. The first-order valence-electron chi connectivity index (χ1n) is 8.23. The molecule has 1 heterocycles. The average Bonchev–Trinajstić information content (AvgIpc) is 2.70. The van der Waals surface area contributed by atoms with Crippen molar-refractivity contribution in [2.75, 3.05) is 11.9 Å². The fourth-order valence-corrected chi connectivity index (χ4v) is 3.16. The quantitative estimate of drug-likeness (QED) is 0.919. The Bertz CT molecular complexity index is 768. The lowest BCUT2D eigenvalue weighted by Crippen LogP contribution is -2.41. The second-order valence-corrected chi connectivity index (χ2v) is 6.57. The van der Waals surface area contributed by atoms with E-state index in [0.717, 1.165) is 22.4 Å². The van der Waals surface area contributed by atoms with E-state index in [4.69, 9.17) is 0 Å². The normalized spacial score (nSPS) is 17.2. The van der Waals surface area contributed by atoms with Crippen LogP contribution in [-0.4, -0.2) is 23.3 Å². The summed E-state index contributed by atoms with van der Waals surface area (Å²) in [6.07, 6.45) is 0. The Morgan fingerprint density at radius 2 is 1.88 bits per heavy atom. The highest BCUT2D eigenvalue weighted by Gasteiger charge is 2.34. The largest absolute Gasteiger partial charge is 0.324 e. The lowest BCUT2D eigenvalue weighted by molar-refractivity contribution is -0.139. The molecule has 0 fully saturated rings. The molecule has 0 aromatic heterocycles. The fourth-order valence-electron chi connectivity index (χ4n) is 3.16. The van der Waals surface area contributed by atoms with Crippen molar-refractivity contribution in [1.82, 2.24) is 4.90 Å². The van der Waals surface area contributed by atoms with Crippen LogP contribution in [0, 0.1) is 12.8 Å². The maximum atomic E-state index is 12.8. The molecule has 2 amide bonds. The number of benzene rings is 2. The van der Waals surface area contributed by atoms with Gasteiger partial charge in [0.25, 0.3) is 0 Å². The minimum Gasteiger partial charge on any atom is -0.324 e. The van der Waals surface area contributed by atoms with Crippen molar-refractivity contribution < 1.29 is 9.59 Å². The number of aryl methyl sites for hydroxylation is 1. The number of carbonyl (C=O) groups excluding carboxylic acids is 2. The zero-order chi connectivity index (χ0) is 17.3. The SMILES string of the molecule is Cc1ccc2c(c1)[C@@H](c1ccccc1)N(C(=O)C(C)C)CC(=O)N2. The molecule has 1 aliphatic rings. The van der Waals surface area contributed by atoms with Crippen LogP contribution in [0.2, 0.25) is 0 Å². The van der Waals surface area contributed by atoms with Crippen LogP contribution in [0.5, 0.6) is 0 Å². The Kier molecular flexibility index (Phi) is 4.38. The molecule has 124 valence electrons. The summed E-state index contributed by atoms with van der Waals surface area (Å²) in [6.45, 7) is 5.81. The minimum atomic E-state index is -0.269. The molecule has 4 heteroatoms. The van der Waals surface area contributed by atoms with Gasteiger partial charge in [0.05, 0.1) is 6.04 Å². The lowest BCUT2D eigenvalue weighted by Gasteiger charge is -2.32. The molecule has 2 aromatic rings. The second-order valence-electron chi connectivity index (χ2n) is 6.57. The van der Waals surface area contributed by atoms with Gasteiger partial charge in [-0.2, -0.15) is 0 Å². The third kappa shape index (κ3) is 3.04. The third-order valence-corrected chi connectivity index (χ3v) is 4.29. The van der Waals surface area contributed by atoms with E-state index in [1.807, 2.05) is 63.2 Å². The van der Waals surface area contributed by atoms with Gasteiger partial charge in [-0.15, -0.1) is 0 Å². The van der Waals surface area contributed by atoms with E-state index in [1.54, 1.807) is 4.90 Å². The van der Waals surface area contributed by atoms with Gasteiger partial charge in [0, 0.05) is 17.2 Å². The second kappa shape index (κ2) is 6.48. The number of nitrogens with one attached hydrogen (secondary N) is 1. The minimum absolute atomic E-state index is 0.0200. The Labute approximate surface area is 142 Å². The van der Waals surface area contributed by atoms with Crippen molar-refractivity contribution in [3.8, 4) is 0 Å². The molecule has 24 heavy (non-hydrogen) atoms. The molecule has 0 unspecified atom stereocenters. The standard InChI is InChI=1S/C20H22N2O2/c1-13(2)20(24)22-12-18(23)21-17-10-9-14(3)11-16(17)19(22)15-7-5-4-6-8-15/h4-11,13,19H,12H2,1-3H3,(H,21,23)/t19-/m1/s1. The van der Waals surface area contributed by atoms with E-state index in [9.17, 15) is 9.59 Å². The van der Waals surface area contributed by atoms with Gasteiger partial charge in [-0.05, 0) is 18.6 Å². The highest BCUT2D eigenvalue weighted by Crippen LogP contribution is 2.36. The summed E-state index contributed by atoms with van der Waals surface area (Å²) in [4.78, 5) is 26.9. The number of amides is 2. The maximum absolute atomic E-state index is 12.8. The lowest BCUT2D eigenvalue weighted by atomic mass is 9.94. The number of rotatable bonds is 2. The van der Waals surface area contributed by atoms with Crippen molar-refractivity contribution in [3.63, 3.8) is 0 Å². The predicted molar refractivity (Wildman–Crippen MR) is 94.6 cm³/mol. The molecule has 0 saturated carbocycles. The van der Waals surface area contributed by atoms with Gasteiger partial charge in [0.1, 0.15) is 6.54 Å². The van der Waals surface area contributed by atoms with Gasteiger partial charge in [0.2, 0.25) is 11.8 Å². The van der Waals surface area contributed by atoms with Crippen LogP contribution in [-0.2, 0) is 9.59 Å². The van der Waals surface area contributed by atoms with Crippen LogP contribution >= 0.6 is 0 Å². The van der Waals surface area contributed by atoms with Crippen molar-refractivity contribution in [3.05, 3.63) is 65.2 Å². The first-order valence-corrected chi connectivity index (χ1v) is 8.23. The molecule has 2 aromatic carbocycles. The fraction of sp³-hybridized carbons (Fsp3) is 0.300. The van der Waals surface area contributed by atoms with Crippen molar-refractivity contribution >= 4 is 17.5 Å². The zero-order valence-electron chi connectivity index (χ0n) is 14.2. The highest BCUT2D eigenvalue weighted by atomic mass is 16.2. The number of fused-ring (bicyclic) bond motifs is 1. The molecule has 3 rings (SSSR count). The van der Waals surface area contributed by atoms with Crippen LogP contribution in [0.25, 0.3) is 0 Å². The molecular formula is C20H22N2O2. The van der Waals surface area contributed by atoms with E-state index in [-0.39, 0.29) is 30.3 Å². The van der Waals surface area contributed by atoms with Crippen molar-refractivity contribution in [2.45, 2.75) is 26.8 Å². The highest BCUT2D eigenvalue weighted by molar-refractivity contribution is 5.97. The molecule has 1 N–H and O–H groups in total. The third-order valence-electron chi connectivity index (χ3n) is 4.29. The van der Waals surface area contributed by atoms with E-state index in [0.29, 0.717) is 0 Å². The zero-order valence-corrected chi connectivity index (χ0v) is 14.2. The number of hydrogen-bond acceptors (Lipinski definition) is 2. The number of hydrogen-bond donors (Lipinski definition) is 1. The van der Waals surface area contributed by atoms with E-state index < -0.39 is 0 Å². The summed E-state index contributed by atoms with van der Waals surface area (Å²) in [5.41, 5.74) is 3.84. The van der Waals surface area contributed by atoms with Crippen molar-refractivity contribution in [1.29, 1.82) is 0 Å². The maximum Gasteiger partial charge on any atom is 0.244 e. The predicted octanol–water partition coefficient (Wildman–Crippen LogP) is 3.52. The monoisotopic (exact) mass is 322 g/mol. The van der Waals surface area contributed by atoms with E-state index >= 15 is 0 Å². The summed E-state index contributed by atoms with van der Waals surface area (Å²) >= 11 is 0. The van der Waals surface area contributed by atoms with Gasteiger partial charge in [-0.25, -0.2) is 0 Å². The molecule has 1 atom stereocenters. The summed E-state index contributed by atoms with van der Waals surface area (Å²) in [7, 11) is 0. The van der Waals surface area contributed by atoms with E-state index in [2.05, 4.69) is 11.4 Å². The molecule has 0 spiro atoms. The summed E-state index contributed by atoms with van der Waals surface area (Å²) in [6, 6.07) is 15.6. The van der Waals surface area contributed by atoms with Crippen molar-refractivity contribution in [2.24, 2.45) is 5.92 Å². The Hall–Kier alpha value is -2.62. The summed E-state index contributed by atoms with van der Waals surface area (Å²) < 4.78 is 0. The smallest absolute Gasteiger partial charge is 0.244 e. The Morgan fingerprint density at radius 1 is 1.17 bits per heavy atom. The van der Waals surface area contributed by atoms with Crippen LogP contribution in [0.1, 0.15) is 36.6 Å². The van der Waals surface area contributed by atoms with Crippen LogP contribution < -0.4 is 5.32 Å². The van der Waals surface area contributed by atoms with Gasteiger partial charge < -0.3 is 10.2 Å². The van der Waals surface area contributed by atoms with Crippen LogP contribution in [0.3, 0.4) is 0 Å². The molecule has 0 radical (unpaired) electrons. The molecule has 1 aliphatic heterocycles. The Morgan fingerprint density at radius 3 is 2.54 bits per heavy atom. The van der Waals surface area contributed by atoms with Gasteiger partial charge in [0.15, 0.2) is 0 Å². The molecule has 4 nitrogen and oxygen atoms in total. The number of carbonyl (C=O) groups is 2. The summed E-state index contributed by atoms with van der Waals surface area (Å²) in [5.74, 6) is -0.351. The van der Waals surface area contributed by atoms with E-state index in [1.165, 1.54) is 0 Å².